The molecule has 3 aromatic rings. The first-order chi connectivity index (χ1) is 15.6. The average Bonchev–Trinajstić information content (AvgIpc) is 3.07. The molecule has 6 nitrogen and oxygen atoms in total. The Hall–Kier alpha value is -4.06. The van der Waals surface area contributed by atoms with Crippen LogP contribution in [-0.4, -0.2) is 37.5 Å². The molecule has 2 amide bonds. The van der Waals surface area contributed by atoms with Crippen LogP contribution in [0.15, 0.2) is 84.6 Å². The molecule has 0 unspecified atom stereocenters. The van der Waals surface area contributed by atoms with E-state index in [4.69, 9.17) is 9.47 Å². The number of carbonyl (C=O) groups excluding carboxylic acids is 2. The third-order valence-electron chi connectivity index (χ3n) is 5.38. The van der Waals surface area contributed by atoms with Crippen molar-refractivity contribution in [1.29, 1.82) is 0 Å². The van der Waals surface area contributed by atoms with Crippen LogP contribution < -0.4 is 14.8 Å². The van der Waals surface area contributed by atoms with Gasteiger partial charge in [-0.1, -0.05) is 54.6 Å². The number of amides is 2. The molecule has 1 aliphatic rings. The van der Waals surface area contributed by atoms with Crippen LogP contribution in [0.3, 0.4) is 0 Å². The van der Waals surface area contributed by atoms with Crippen LogP contribution in [0, 0.1) is 0 Å². The molecule has 0 bridgehead atoms. The Labute approximate surface area is 187 Å². The van der Waals surface area contributed by atoms with Crippen molar-refractivity contribution in [1.82, 2.24) is 4.90 Å². The Morgan fingerprint density at radius 1 is 0.781 bits per heavy atom. The van der Waals surface area contributed by atoms with E-state index in [-0.39, 0.29) is 24.1 Å². The number of anilines is 1. The lowest BCUT2D eigenvalue weighted by Crippen LogP contribution is -2.34. The fourth-order valence-corrected chi connectivity index (χ4v) is 3.68. The molecule has 0 aliphatic carbocycles. The predicted octanol–water partition coefficient (Wildman–Crippen LogP) is 4.14. The summed E-state index contributed by atoms with van der Waals surface area (Å²) in [4.78, 5) is 28.0. The van der Waals surface area contributed by atoms with Gasteiger partial charge >= 0.3 is 0 Å². The highest BCUT2D eigenvalue weighted by Crippen LogP contribution is 2.33. The van der Waals surface area contributed by atoms with Gasteiger partial charge in [-0.05, 0) is 41.8 Å². The van der Waals surface area contributed by atoms with Crippen molar-refractivity contribution in [3.63, 3.8) is 0 Å². The van der Waals surface area contributed by atoms with Gasteiger partial charge in [0.05, 0.1) is 25.5 Å². The maximum Gasteiger partial charge on any atom is 0.278 e. The summed E-state index contributed by atoms with van der Waals surface area (Å²) in [7, 11) is 3.18. The minimum absolute atomic E-state index is 0.250. The summed E-state index contributed by atoms with van der Waals surface area (Å²) >= 11 is 0. The van der Waals surface area contributed by atoms with Crippen LogP contribution in [0.2, 0.25) is 0 Å². The summed E-state index contributed by atoms with van der Waals surface area (Å²) < 4.78 is 10.6. The van der Waals surface area contributed by atoms with Crippen molar-refractivity contribution >= 4 is 23.1 Å². The molecule has 1 aliphatic heterocycles. The average molecular weight is 428 g/mol. The highest BCUT2D eigenvalue weighted by Gasteiger charge is 2.39. The lowest BCUT2D eigenvalue weighted by atomic mass is 10.0. The van der Waals surface area contributed by atoms with Crippen molar-refractivity contribution in [2.75, 3.05) is 26.1 Å². The topological polar surface area (TPSA) is 67.9 Å². The van der Waals surface area contributed by atoms with Gasteiger partial charge in [-0.2, -0.15) is 0 Å². The normalized spacial score (nSPS) is 13.5. The summed E-state index contributed by atoms with van der Waals surface area (Å²) in [5.74, 6) is 0.683. The second kappa shape index (κ2) is 9.39. The lowest BCUT2D eigenvalue weighted by Gasteiger charge is -2.16. The number of carbonyl (C=O) groups is 2. The highest BCUT2D eigenvalue weighted by atomic mass is 16.5. The second-order valence-electron chi connectivity index (χ2n) is 7.30. The number of imide groups is 1. The van der Waals surface area contributed by atoms with Gasteiger partial charge in [-0.25, -0.2) is 0 Å². The Kier molecular flexibility index (Phi) is 6.22. The van der Waals surface area contributed by atoms with E-state index in [9.17, 15) is 9.59 Å². The highest BCUT2D eigenvalue weighted by molar-refractivity contribution is 6.36. The molecule has 1 heterocycles. The van der Waals surface area contributed by atoms with E-state index < -0.39 is 0 Å². The number of methoxy groups -OCH3 is 2. The number of rotatable bonds is 8. The number of benzene rings is 3. The van der Waals surface area contributed by atoms with Crippen molar-refractivity contribution < 1.29 is 19.1 Å². The molecule has 0 saturated carbocycles. The van der Waals surface area contributed by atoms with Crippen LogP contribution in [0.25, 0.3) is 5.57 Å². The maximum absolute atomic E-state index is 13.3. The molecule has 0 fully saturated rings. The fourth-order valence-electron chi connectivity index (χ4n) is 3.68. The van der Waals surface area contributed by atoms with Crippen molar-refractivity contribution in [3.8, 4) is 11.5 Å². The largest absolute Gasteiger partial charge is 0.497 e. The number of hydrogen-bond acceptors (Lipinski definition) is 5. The quantitative estimate of drug-likeness (QED) is 0.546. The molecule has 0 aromatic heterocycles. The van der Waals surface area contributed by atoms with Gasteiger partial charge in [-0.3, -0.25) is 14.5 Å². The third kappa shape index (κ3) is 4.21. The smallest absolute Gasteiger partial charge is 0.278 e. The molecule has 0 radical (unpaired) electrons. The van der Waals surface area contributed by atoms with E-state index in [1.807, 2.05) is 72.8 Å². The van der Waals surface area contributed by atoms with E-state index >= 15 is 0 Å². The first-order valence-electron chi connectivity index (χ1n) is 10.3. The van der Waals surface area contributed by atoms with E-state index in [1.165, 1.54) is 4.90 Å². The van der Waals surface area contributed by atoms with Gasteiger partial charge < -0.3 is 14.8 Å². The molecule has 0 saturated heterocycles. The zero-order valence-corrected chi connectivity index (χ0v) is 18.0. The van der Waals surface area contributed by atoms with Crippen LogP contribution in [-0.2, 0) is 16.0 Å². The molecule has 32 heavy (non-hydrogen) atoms. The summed E-state index contributed by atoms with van der Waals surface area (Å²) in [6.45, 7) is 0.275. The Morgan fingerprint density at radius 2 is 1.47 bits per heavy atom. The predicted molar refractivity (Wildman–Crippen MR) is 123 cm³/mol. The van der Waals surface area contributed by atoms with Gasteiger partial charge in [0.2, 0.25) is 0 Å². The minimum Gasteiger partial charge on any atom is -0.497 e. The first kappa shape index (κ1) is 21.2. The standard InChI is InChI=1S/C26H24N2O4/c1-31-20-14-12-18(13-15-20)16-17-28-25(29)23(19-8-4-3-5-9-19)24(26(28)30)27-21-10-6-7-11-22(21)32-2/h3-15,27H,16-17H2,1-2H3. The molecule has 6 heteroatoms. The Morgan fingerprint density at radius 3 is 2.16 bits per heavy atom. The number of hydrogen-bond donors (Lipinski definition) is 1. The Balaban J connectivity index is 1.63. The molecular formula is C26H24N2O4. The molecule has 4 rings (SSSR count). The fraction of sp³-hybridized carbons (Fsp3) is 0.154. The summed E-state index contributed by atoms with van der Waals surface area (Å²) in [5, 5.41) is 3.16. The van der Waals surface area contributed by atoms with Crippen molar-refractivity contribution in [2.24, 2.45) is 0 Å². The van der Waals surface area contributed by atoms with Crippen LogP contribution >= 0.6 is 0 Å². The number of nitrogens with one attached hydrogen (secondary N) is 1. The zero-order valence-electron chi connectivity index (χ0n) is 18.0. The monoisotopic (exact) mass is 428 g/mol. The molecular weight excluding hydrogens is 404 g/mol. The summed E-state index contributed by atoms with van der Waals surface area (Å²) in [6, 6.07) is 24.1. The lowest BCUT2D eigenvalue weighted by molar-refractivity contribution is -0.136. The third-order valence-corrected chi connectivity index (χ3v) is 5.38. The Bertz CT molecular complexity index is 1150. The van der Waals surface area contributed by atoms with E-state index in [1.54, 1.807) is 20.3 Å². The molecule has 0 atom stereocenters. The summed E-state index contributed by atoms with van der Waals surface area (Å²) in [6.07, 6.45) is 0.547. The maximum atomic E-state index is 13.3. The molecule has 162 valence electrons. The number of ether oxygens (including phenoxy) is 2. The van der Waals surface area contributed by atoms with Crippen LogP contribution in [0.5, 0.6) is 11.5 Å². The zero-order chi connectivity index (χ0) is 22.5. The van der Waals surface area contributed by atoms with E-state index in [0.29, 0.717) is 29.0 Å². The van der Waals surface area contributed by atoms with Gasteiger partial charge in [0.15, 0.2) is 0 Å². The van der Waals surface area contributed by atoms with Crippen molar-refractivity contribution in [3.05, 3.63) is 95.7 Å². The number of para-hydroxylation sites is 2. The van der Waals surface area contributed by atoms with Gasteiger partial charge in [0.25, 0.3) is 11.8 Å². The second-order valence-corrected chi connectivity index (χ2v) is 7.30. The molecule has 1 N–H and O–H groups in total. The number of nitrogens with zero attached hydrogens (tertiary/aromatic N) is 1. The molecule has 3 aromatic carbocycles. The van der Waals surface area contributed by atoms with E-state index in [0.717, 1.165) is 11.3 Å². The first-order valence-corrected chi connectivity index (χ1v) is 10.3. The SMILES string of the molecule is COc1ccc(CCN2C(=O)C(Nc3ccccc3OC)=C(c3ccccc3)C2=O)cc1. The van der Waals surface area contributed by atoms with Crippen molar-refractivity contribution in [2.45, 2.75) is 6.42 Å². The van der Waals surface area contributed by atoms with Gasteiger partial charge in [0.1, 0.15) is 17.2 Å². The van der Waals surface area contributed by atoms with Gasteiger partial charge in [0, 0.05) is 6.54 Å². The summed E-state index contributed by atoms with van der Waals surface area (Å²) in [5.41, 5.74) is 2.93. The van der Waals surface area contributed by atoms with Crippen LogP contribution in [0.1, 0.15) is 11.1 Å². The molecule has 0 spiro atoms. The van der Waals surface area contributed by atoms with Crippen LogP contribution in [0.4, 0.5) is 5.69 Å². The van der Waals surface area contributed by atoms with E-state index in [2.05, 4.69) is 5.32 Å². The van der Waals surface area contributed by atoms with Gasteiger partial charge in [-0.15, -0.1) is 0 Å². The minimum atomic E-state index is -0.353.